The number of anilines is 2. The number of amides is 3. The van der Waals surface area contributed by atoms with Crippen LogP contribution in [0.5, 0.6) is 5.88 Å². The van der Waals surface area contributed by atoms with Crippen LogP contribution in [-0.4, -0.2) is 60.1 Å². The van der Waals surface area contributed by atoms with Gasteiger partial charge in [-0.15, -0.1) is 0 Å². The number of methoxy groups -OCH3 is 1. The van der Waals surface area contributed by atoms with Crippen molar-refractivity contribution in [3.8, 4) is 5.88 Å². The maximum absolute atomic E-state index is 14.4. The average Bonchev–Trinajstić information content (AvgIpc) is 4.06. The molecule has 61 heavy (non-hydrogen) atoms. The van der Waals surface area contributed by atoms with Crippen molar-refractivity contribution in [3.63, 3.8) is 0 Å². The highest BCUT2D eigenvalue weighted by atomic mass is 19.4. The number of nitrogens with zero attached hydrogens (tertiary/aromatic N) is 2. The van der Waals surface area contributed by atoms with Gasteiger partial charge in [-0.05, 0) is 86.8 Å². The van der Waals surface area contributed by atoms with E-state index in [0.717, 1.165) is 37.3 Å². The lowest BCUT2D eigenvalue weighted by Crippen LogP contribution is -2.48. The molecule has 5 aliphatic rings. The van der Waals surface area contributed by atoms with Crippen LogP contribution < -0.4 is 20.7 Å². The van der Waals surface area contributed by atoms with E-state index in [1.54, 1.807) is 18.2 Å². The molecule has 2 heterocycles. The number of halogens is 7. The van der Waals surface area contributed by atoms with E-state index in [9.17, 15) is 45.1 Å². The third-order valence-corrected chi connectivity index (χ3v) is 12.6. The molecule has 0 spiro atoms. The zero-order valence-electron chi connectivity index (χ0n) is 32.7. The number of carbonyl (C=O) groups excluding carboxylic acids is 3. The minimum absolute atomic E-state index is 0.0635. The number of aromatic nitrogens is 1. The van der Waals surface area contributed by atoms with Gasteiger partial charge in [-0.25, -0.2) is 14.2 Å². The third kappa shape index (κ3) is 8.62. The number of rotatable bonds is 10. The molecule has 4 aliphatic carbocycles. The van der Waals surface area contributed by atoms with E-state index in [1.807, 2.05) is 0 Å². The number of para-hydroxylation sites is 1. The summed E-state index contributed by atoms with van der Waals surface area (Å²) in [6.07, 6.45) is -5.74. The summed E-state index contributed by atoms with van der Waals surface area (Å²) in [5.74, 6) is -5.90. The molecule has 1 aliphatic heterocycles. The topological polar surface area (TPSA) is 140 Å². The molecule has 4 fully saturated rings. The van der Waals surface area contributed by atoms with Gasteiger partial charge in [0, 0.05) is 46.9 Å². The lowest BCUT2D eigenvalue weighted by molar-refractivity contribution is -0.217. The maximum Gasteiger partial charge on any atom is 0.425 e. The number of hydrogen-bond donors (Lipinski definition) is 3. The van der Waals surface area contributed by atoms with E-state index in [0.29, 0.717) is 30.9 Å². The quantitative estimate of drug-likeness (QED) is 0.137. The van der Waals surface area contributed by atoms with Crippen molar-refractivity contribution >= 4 is 35.0 Å². The minimum Gasteiger partial charge on any atom is -0.480 e. The molecule has 8 atom stereocenters. The molecule has 324 valence electrons. The van der Waals surface area contributed by atoms with Crippen molar-refractivity contribution in [3.05, 3.63) is 95.0 Å². The van der Waals surface area contributed by atoms with Crippen LogP contribution in [0.25, 0.3) is 0 Å². The van der Waals surface area contributed by atoms with Gasteiger partial charge in [0.1, 0.15) is 17.5 Å². The number of alkyl halides is 6. The Labute approximate surface area is 345 Å². The van der Waals surface area contributed by atoms with Crippen LogP contribution in [0.4, 0.5) is 46.9 Å². The summed E-state index contributed by atoms with van der Waals surface area (Å²) in [4.78, 5) is 50.8. The lowest BCUT2D eigenvalue weighted by Gasteiger charge is -2.30. The van der Waals surface area contributed by atoms with Crippen LogP contribution in [0, 0.1) is 41.3 Å². The van der Waals surface area contributed by atoms with E-state index < -0.39 is 77.6 Å². The van der Waals surface area contributed by atoms with Crippen LogP contribution in [0.15, 0.2) is 77.6 Å². The number of nitrogens with one attached hydrogen (secondary N) is 3. The van der Waals surface area contributed by atoms with E-state index in [-0.39, 0.29) is 58.8 Å². The normalized spacial score (nSPS) is 27.0. The summed E-state index contributed by atoms with van der Waals surface area (Å²) >= 11 is 0. The van der Waals surface area contributed by atoms with E-state index in [4.69, 9.17) is 14.3 Å². The second-order valence-corrected chi connectivity index (χ2v) is 16.3. The maximum atomic E-state index is 14.4. The Balaban J connectivity index is 1.02. The molecular formula is C43H42F7N5O6. The molecule has 4 saturated carbocycles. The van der Waals surface area contributed by atoms with E-state index in [2.05, 4.69) is 32.2 Å². The summed E-state index contributed by atoms with van der Waals surface area (Å²) in [7, 11) is 1.30. The number of allylic oxidation sites excluding steroid dienone is 1. The van der Waals surface area contributed by atoms with Crippen molar-refractivity contribution in [2.75, 3.05) is 17.7 Å². The van der Waals surface area contributed by atoms with Gasteiger partial charge in [0.15, 0.2) is 0 Å². The fourth-order valence-corrected chi connectivity index (χ4v) is 9.98. The summed E-state index contributed by atoms with van der Waals surface area (Å²) in [6.45, 7) is 0. The second kappa shape index (κ2) is 16.6. The monoisotopic (exact) mass is 857 g/mol. The number of hydrogen-bond acceptors (Lipinski definition) is 8. The van der Waals surface area contributed by atoms with Crippen molar-refractivity contribution in [2.24, 2.45) is 40.7 Å². The second-order valence-electron chi connectivity index (χ2n) is 16.3. The molecule has 8 rings (SSSR count). The Hall–Kier alpha value is -5.68. The fourth-order valence-electron chi connectivity index (χ4n) is 9.98. The zero-order valence-corrected chi connectivity index (χ0v) is 32.7. The van der Waals surface area contributed by atoms with Crippen LogP contribution in [0.3, 0.4) is 0 Å². The van der Waals surface area contributed by atoms with E-state index >= 15 is 0 Å². The van der Waals surface area contributed by atoms with Crippen molar-refractivity contribution in [1.82, 2.24) is 10.3 Å². The van der Waals surface area contributed by atoms with Gasteiger partial charge in [0.05, 0.1) is 24.3 Å². The first kappa shape index (κ1) is 42.0. The van der Waals surface area contributed by atoms with Gasteiger partial charge < -0.3 is 24.9 Å². The Morgan fingerprint density at radius 1 is 0.885 bits per heavy atom. The molecule has 11 nitrogen and oxygen atoms in total. The van der Waals surface area contributed by atoms with Gasteiger partial charge in [-0.1, -0.05) is 47.8 Å². The first-order valence-electron chi connectivity index (χ1n) is 20.2. The number of carbonyl (C=O) groups is 3. The van der Waals surface area contributed by atoms with Crippen molar-refractivity contribution in [1.29, 1.82) is 0 Å². The highest BCUT2D eigenvalue weighted by molar-refractivity contribution is 6.06. The summed E-state index contributed by atoms with van der Waals surface area (Å²) in [5.41, 5.74) is -0.0536. The molecule has 3 amide bonds. The summed E-state index contributed by atoms with van der Waals surface area (Å²) in [5, 5.41) is 12.0. The highest BCUT2D eigenvalue weighted by Gasteiger charge is 2.56. The number of pyridine rings is 1. The minimum atomic E-state index is -5.00. The molecule has 4 unspecified atom stereocenters. The molecule has 2 aromatic carbocycles. The van der Waals surface area contributed by atoms with Gasteiger partial charge in [0.25, 0.3) is 5.91 Å². The van der Waals surface area contributed by atoms with Crippen molar-refractivity contribution in [2.45, 2.75) is 82.0 Å². The van der Waals surface area contributed by atoms with Gasteiger partial charge in [-0.3, -0.25) is 14.9 Å². The zero-order chi connectivity index (χ0) is 43.2. The molecule has 0 saturated heterocycles. The molecule has 3 aromatic rings. The van der Waals surface area contributed by atoms with Gasteiger partial charge in [-0.2, -0.15) is 26.3 Å². The average molecular weight is 858 g/mol. The number of benzene rings is 2. The summed E-state index contributed by atoms with van der Waals surface area (Å²) in [6, 6.07) is 10.8. The number of oxime groups is 1. The first-order valence-corrected chi connectivity index (χ1v) is 20.2. The smallest absolute Gasteiger partial charge is 0.425 e. The Morgan fingerprint density at radius 3 is 2.33 bits per heavy atom. The van der Waals surface area contributed by atoms with Crippen LogP contribution in [0.1, 0.15) is 72.9 Å². The lowest BCUT2D eigenvalue weighted by atomic mass is 9.83. The highest BCUT2D eigenvalue weighted by Crippen LogP contribution is 2.54. The SMILES string of the molecule is COc1ncc(C2=NOC3CC(C(OC(=O)Nc4ccccc4)C(F)(F)F)CC23)cc1C(=O)N[C@H]1[C@@H](C(=O)Nc2ccc(F)c(C(F)(F)F)c2)[C@H]2CC[C@@H]1/C2=C\C1CCCC1. The number of ether oxygens (including phenoxy) is 2. The molecule has 2 bridgehead atoms. The predicted octanol–water partition coefficient (Wildman–Crippen LogP) is 9.07. The molecule has 3 N–H and O–H groups in total. The van der Waals surface area contributed by atoms with Crippen LogP contribution >= 0.6 is 0 Å². The van der Waals surface area contributed by atoms with Crippen molar-refractivity contribution < 1.29 is 59.4 Å². The van der Waals surface area contributed by atoms with Gasteiger partial charge >= 0.3 is 18.4 Å². The first-order chi connectivity index (χ1) is 29.1. The van der Waals surface area contributed by atoms with Crippen LogP contribution in [0.2, 0.25) is 0 Å². The molecule has 18 heteroatoms. The Kier molecular flexibility index (Phi) is 11.5. The third-order valence-electron chi connectivity index (χ3n) is 12.6. The summed E-state index contributed by atoms with van der Waals surface area (Å²) < 4.78 is 108. The molecule has 0 radical (unpaired) electrons. The van der Waals surface area contributed by atoms with E-state index in [1.165, 1.54) is 31.5 Å². The fraction of sp³-hybridized carbons (Fsp3) is 0.465. The Morgan fingerprint density at radius 2 is 1.62 bits per heavy atom. The number of fused-ring (bicyclic) bond motifs is 3. The predicted molar refractivity (Wildman–Crippen MR) is 206 cm³/mol. The molecular weight excluding hydrogens is 815 g/mol. The van der Waals surface area contributed by atoms with Gasteiger partial charge in [0.2, 0.25) is 17.9 Å². The molecule has 1 aromatic heterocycles. The van der Waals surface area contributed by atoms with Crippen LogP contribution in [-0.2, 0) is 20.5 Å². The largest absolute Gasteiger partial charge is 0.480 e. The Bertz CT molecular complexity index is 2230. The standard InChI is InChI=1S/C43H42F7N5O6/c1-59-40-30(17-23(20-51-40)35-29-16-22(18-33(29)61-55-35)37(43(48,49)50)60-41(58)53-24-9-3-2-4-10-24)38(56)54-36-27-13-12-26(28(27)15-21-7-5-6-8-21)34(36)39(57)52-25-11-14-32(44)31(19-25)42(45,46)47/h2-4,9-11,14-15,17,19-22,26-27,29,33-34,36-37H,5-8,12-13,16,18H2,1H3,(H,52,57)(H,53,58)(H,54,56)/b28-15-/t22?,26-,27+,29?,33?,34-,36+,37?/m0/s1.